The predicted octanol–water partition coefficient (Wildman–Crippen LogP) is 6.20. The summed E-state index contributed by atoms with van der Waals surface area (Å²) < 4.78 is 6.07. The summed E-state index contributed by atoms with van der Waals surface area (Å²) in [5.41, 5.74) is 3.41. The van der Waals surface area contributed by atoms with Crippen molar-refractivity contribution in [2.45, 2.75) is 11.8 Å². The Morgan fingerprint density at radius 1 is 0.552 bits per heavy atom. The van der Waals surface area contributed by atoms with E-state index in [2.05, 4.69) is 91.0 Å². The lowest BCUT2D eigenvalue weighted by molar-refractivity contribution is 0.286. The van der Waals surface area contributed by atoms with Gasteiger partial charge in [0, 0.05) is 5.41 Å². The van der Waals surface area contributed by atoms with Crippen LogP contribution in [0.2, 0.25) is 0 Å². The van der Waals surface area contributed by atoms with Gasteiger partial charge in [0.2, 0.25) is 0 Å². The molecule has 4 aromatic carbocycles. The van der Waals surface area contributed by atoms with E-state index in [9.17, 15) is 5.11 Å². The first-order valence-corrected chi connectivity index (χ1v) is 9.87. The quantitative estimate of drug-likeness (QED) is 0.387. The molecule has 0 aliphatic carbocycles. The van der Waals surface area contributed by atoms with Gasteiger partial charge in [-0.05, 0) is 47.4 Å². The highest BCUT2D eigenvalue weighted by Gasteiger charge is 2.36. The van der Waals surface area contributed by atoms with Crippen LogP contribution in [0.1, 0.15) is 23.1 Å². The second-order valence-corrected chi connectivity index (χ2v) is 7.10. The number of hydrogen-bond acceptors (Lipinski definition) is 2. The van der Waals surface area contributed by atoms with Crippen molar-refractivity contribution in [1.82, 2.24) is 0 Å². The van der Waals surface area contributed by atoms with Crippen LogP contribution >= 0.6 is 0 Å². The van der Waals surface area contributed by atoms with Gasteiger partial charge in [-0.3, -0.25) is 0 Å². The molecule has 1 N–H and O–H groups in total. The maximum Gasteiger partial charge on any atom is 0.119 e. The molecule has 0 heterocycles. The SMILES string of the molecule is Oc1ccc(OCCC(c2ccccc2)(c2ccccc2)c2ccccc2)cc1. The average molecular weight is 380 g/mol. The number of benzene rings is 4. The van der Waals surface area contributed by atoms with Crippen molar-refractivity contribution < 1.29 is 9.84 Å². The minimum atomic E-state index is -0.319. The van der Waals surface area contributed by atoms with Gasteiger partial charge in [-0.2, -0.15) is 0 Å². The number of aromatic hydroxyl groups is 1. The highest BCUT2D eigenvalue weighted by molar-refractivity contribution is 5.50. The highest BCUT2D eigenvalue weighted by Crippen LogP contribution is 2.42. The third-order valence-electron chi connectivity index (χ3n) is 5.38. The lowest BCUT2D eigenvalue weighted by Crippen LogP contribution is -2.31. The molecule has 0 aliphatic heterocycles. The molecule has 0 aromatic heterocycles. The largest absolute Gasteiger partial charge is 0.508 e. The Hall–Kier alpha value is -3.52. The number of phenols is 1. The van der Waals surface area contributed by atoms with E-state index in [4.69, 9.17) is 4.74 Å². The fraction of sp³-hybridized carbons (Fsp3) is 0.111. The summed E-state index contributed by atoms with van der Waals surface area (Å²) in [5.74, 6) is 0.996. The first-order valence-electron chi connectivity index (χ1n) is 9.87. The van der Waals surface area contributed by atoms with Crippen LogP contribution in [0.25, 0.3) is 0 Å². The van der Waals surface area contributed by atoms with E-state index in [0.29, 0.717) is 6.61 Å². The molecule has 4 aromatic rings. The second kappa shape index (κ2) is 8.66. The highest BCUT2D eigenvalue weighted by atomic mass is 16.5. The fourth-order valence-corrected chi connectivity index (χ4v) is 3.97. The van der Waals surface area contributed by atoms with E-state index in [1.54, 1.807) is 24.3 Å². The molecule has 0 unspecified atom stereocenters. The van der Waals surface area contributed by atoms with Crippen LogP contribution in [0.15, 0.2) is 115 Å². The zero-order valence-corrected chi connectivity index (χ0v) is 16.2. The lowest BCUT2D eigenvalue weighted by Gasteiger charge is -2.36. The van der Waals surface area contributed by atoms with Gasteiger partial charge in [-0.15, -0.1) is 0 Å². The third kappa shape index (κ3) is 4.02. The summed E-state index contributed by atoms with van der Waals surface area (Å²) in [7, 11) is 0. The molecule has 4 rings (SSSR count). The van der Waals surface area contributed by atoms with Crippen LogP contribution in [-0.4, -0.2) is 11.7 Å². The van der Waals surface area contributed by atoms with Gasteiger partial charge in [0.05, 0.1) is 6.61 Å². The molecule has 0 spiro atoms. The zero-order valence-electron chi connectivity index (χ0n) is 16.2. The minimum absolute atomic E-state index is 0.240. The summed E-state index contributed by atoms with van der Waals surface area (Å²) in [5, 5.41) is 9.50. The van der Waals surface area contributed by atoms with Crippen molar-refractivity contribution in [3.63, 3.8) is 0 Å². The average Bonchev–Trinajstić information content (AvgIpc) is 2.80. The molecule has 2 heteroatoms. The molecule has 0 atom stereocenters. The molecule has 0 bridgehead atoms. The van der Waals surface area contributed by atoms with E-state index in [1.807, 2.05) is 0 Å². The van der Waals surface area contributed by atoms with E-state index in [1.165, 1.54) is 16.7 Å². The number of rotatable bonds is 7. The molecule has 2 nitrogen and oxygen atoms in total. The van der Waals surface area contributed by atoms with Crippen LogP contribution in [-0.2, 0) is 5.41 Å². The number of ether oxygens (including phenoxy) is 1. The monoisotopic (exact) mass is 380 g/mol. The Labute approximate surface area is 172 Å². The van der Waals surface area contributed by atoms with Gasteiger partial charge in [-0.1, -0.05) is 91.0 Å². The van der Waals surface area contributed by atoms with Gasteiger partial charge < -0.3 is 9.84 Å². The van der Waals surface area contributed by atoms with E-state index in [0.717, 1.165) is 12.2 Å². The lowest BCUT2D eigenvalue weighted by atomic mass is 9.67. The fourth-order valence-electron chi connectivity index (χ4n) is 3.97. The van der Waals surface area contributed by atoms with Crippen molar-refractivity contribution >= 4 is 0 Å². The molecule has 0 saturated carbocycles. The van der Waals surface area contributed by atoms with Gasteiger partial charge in [0.25, 0.3) is 0 Å². The van der Waals surface area contributed by atoms with Crippen molar-refractivity contribution in [3.8, 4) is 11.5 Å². The topological polar surface area (TPSA) is 29.5 Å². The Morgan fingerprint density at radius 3 is 1.38 bits per heavy atom. The molecular weight excluding hydrogens is 356 g/mol. The van der Waals surface area contributed by atoms with E-state index < -0.39 is 0 Å². The first kappa shape index (κ1) is 18.8. The van der Waals surface area contributed by atoms with Crippen LogP contribution in [0.5, 0.6) is 11.5 Å². The van der Waals surface area contributed by atoms with Crippen molar-refractivity contribution in [3.05, 3.63) is 132 Å². The predicted molar refractivity (Wildman–Crippen MR) is 117 cm³/mol. The van der Waals surface area contributed by atoms with Gasteiger partial charge in [-0.25, -0.2) is 0 Å². The van der Waals surface area contributed by atoms with Gasteiger partial charge in [0.1, 0.15) is 11.5 Å². The smallest absolute Gasteiger partial charge is 0.119 e. The van der Waals surface area contributed by atoms with Crippen LogP contribution in [0.4, 0.5) is 0 Å². The molecule has 144 valence electrons. The van der Waals surface area contributed by atoms with Crippen LogP contribution < -0.4 is 4.74 Å². The molecule has 0 aliphatic rings. The van der Waals surface area contributed by atoms with E-state index in [-0.39, 0.29) is 11.2 Å². The summed E-state index contributed by atoms with van der Waals surface area (Å²) in [6.07, 6.45) is 0.784. The van der Waals surface area contributed by atoms with Crippen molar-refractivity contribution in [2.24, 2.45) is 0 Å². The molecule has 0 fully saturated rings. The molecular formula is C27H24O2. The summed E-state index contributed by atoms with van der Waals surface area (Å²) in [6, 6.07) is 38.8. The Balaban J connectivity index is 1.76. The van der Waals surface area contributed by atoms with Crippen molar-refractivity contribution in [2.75, 3.05) is 6.61 Å². The van der Waals surface area contributed by atoms with Crippen LogP contribution in [0, 0.1) is 0 Å². The zero-order chi connectivity index (χ0) is 19.9. The summed E-state index contributed by atoms with van der Waals surface area (Å²) >= 11 is 0. The number of phenolic OH excluding ortho intramolecular Hbond substituents is 1. The standard InChI is InChI=1S/C27H24O2/c28-25-16-18-26(19-17-25)29-21-20-27(22-10-4-1-5-11-22,23-12-6-2-7-13-23)24-14-8-3-9-15-24/h1-19,28H,20-21H2. The van der Waals surface area contributed by atoms with Crippen LogP contribution in [0.3, 0.4) is 0 Å². The van der Waals surface area contributed by atoms with Gasteiger partial charge >= 0.3 is 0 Å². The second-order valence-electron chi connectivity index (χ2n) is 7.10. The Bertz CT molecular complexity index is 914. The van der Waals surface area contributed by atoms with Crippen molar-refractivity contribution in [1.29, 1.82) is 0 Å². The molecule has 0 saturated heterocycles. The van der Waals surface area contributed by atoms with Gasteiger partial charge in [0.15, 0.2) is 0 Å². The Kier molecular flexibility index (Phi) is 5.62. The maximum atomic E-state index is 9.50. The molecule has 0 radical (unpaired) electrons. The maximum absolute atomic E-state index is 9.50. The normalized spacial score (nSPS) is 11.2. The number of hydrogen-bond donors (Lipinski definition) is 1. The third-order valence-corrected chi connectivity index (χ3v) is 5.38. The molecule has 29 heavy (non-hydrogen) atoms. The summed E-state index contributed by atoms with van der Waals surface area (Å²) in [4.78, 5) is 0. The molecule has 0 amide bonds. The summed E-state index contributed by atoms with van der Waals surface area (Å²) in [6.45, 7) is 0.545. The Morgan fingerprint density at radius 2 is 0.966 bits per heavy atom. The van der Waals surface area contributed by atoms with E-state index >= 15 is 0 Å². The minimum Gasteiger partial charge on any atom is -0.508 e. The first-order chi connectivity index (χ1) is 14.3.